The monoisotopic (exact) mass is 584 g/mol. The van der Waals surface area contributed by atoms with Gasteiger partial charge in [-0.1, -0.05) is 51.6 Å². The fourth-order valence-electron chi connectivity index (χ4n) is 5.97. The highest BCUT2D eigenvalue weighted by Gasteiger charge is 2.44. The number of nitrogens with zero attached hydrogens (tertiary/aromatic N) is 1. The smallest absolute Gasteiger partial charge is 0.251 e. The zero-order chi connectivity index (χ0) is 31.7. The summed E-state index contributed by atoms with van der Waals surface area (Å²) in [6, 6.07) is 13.8. The Kier molecular flexibility index (Phi) is 11.6. The maximum atomic E-state index is 13.7. The van der Waals surface area contributed by atoms with Crippen molar-refractivity contribution in [3.8, 4) is 6.07 Å². The Morgan fingerprint density at radius 2 is 1.63 bits per heavy atom. The van der Waals surface area contributed by atoms with E-state index in [1.807, 2.05) is 31.3 Å². The number of primary amides is 1. The summed E-state index contributed by atoms with van der Waals surface area (Å²) in [5.41, 5.74) is 12.1. The Morgan fingerprint density at radius 3 is 2.16 bits per heavy atom. The molecule has 0 heterocycles. The lowest BCUT2D eigenvalue weighted by Crippen LogP contribution is -2.44. The second-order valence-electron chi connectivity index (χ2n) is 11.8. The van der Waals surface area contributed by atoms with Gasteiger partial charge in [0, 0.05) is 43.6 Å². The number of aryl methyl sites for hydroxylation is 2. The van der Waals surface area contributed by atoms with E-state index in [0.29, 0.717) is 43.7 Å². The van der Waals surface area contributed by atoms with Crippen molar-refractivity contribution in [1.82, 2.24) is 21.3 Å². The predicted molar refractivity (Wildman–Crippen MR) is 174 cm³/mol. The van der Waals surface area contributed by atoms with Crippen LogP contribution < -0.4 is 27.0 Å². The minimum absolute atomic E-state index is 0.0357. The van der Waals surface area contributed by atoms with Gasteiger partial charge in [0.1, 0.15) is 6.04 Å². The van der Waals surface area contributed by atoms with Gasteiger partial charge in [0.05, 0.1) is 11.5 Å². The SMILES string of the molecule is C=C(CN[C@H](C)CCC1(C(N)=O)c2ccc(C(=C)NC)cc2CCc2cc(C(=O)NC)ccc21)NC(C#N)C[C@@H](C)CC. The van der Waals surface area contributed by atoms with Crippen LogP contribution in [0.15, 0.2) is 55.3 Å². The van der Waals surface area contributed by atoms with Crippen LogP contribution >= 0.6 is 0 Å². The minimum Gasteiger partial charge on any atom is -0.388 e. The molecule has 0 saturated heterocycles. The highest BCUT2D eigenvalue weighted by molar-refractivity contribution is 5.96. The van der Waals surface area contributed by atoms with Gasteiger partial charge in [0.15, 0.2) is 0 Å². The molecule has 6 N–H and O–H groups in total. The number of nitriles is 1. The van der Waals surface area contributed by atoms with Crippen molar-refractivity contribution in [2.24, 2.45) is 11.7 Å². The van der Waals surface area contributed by atoms with E-state index < -0.39 is 11.3 Å². The van der Waals surface area contributed by atoms with Crippen LogP contribution in [0.3, 0.4) is 0 Å². The average molecular weight is 585 g/mol. The van der Waals surface area contributed by atoms with Gasteiger partial charge in [-0.05, 0) is 91.0 Å². The van der Waals surface area contributed by atoms with Crippen LogP contribution in [0.1, 0.15) is 84.6 Å². The van der Waals surface area contributed by atoms with Crippen molar-refractivity contribution in [2.75, 3.05) is 20.6 Å². The standard InChI is InChI=1S/C35H48N6O2/c1-8-22(2)17-30(20-36)41-24(4)21-40-23(3)15-16-35(34(37)43)31-13-11-26(25(5)38-6)18-27(31)9-10-28-19-29(33(42)39-7)12-14-32(28)35/h11-14,18-19,22-23,30,38,40-41H,4-5,8-10,15-17,21H2,1-3,6-7H3,(H2,37,43)(H,39,42)/t22-,23+,30?,35?/m0/s1. The first-order chi connectivity index (χ1) is 20.5. The fraction of sp³-hybridized carbons (Fsp3) is 0.457. The molecule has 1 aliphatic carbocycles. The molecule has 2 unspecified atom stereocenters. The number of benzene rings is 2. The van der Waals surface area contributed by atoms with E-state index in [-0.39, 0.29) is 18.0 Å². The van der Waals surface area contributed by atoms with Gasteiger partial charge in [-0.2, -0.15) is 5.26 Å². The van der Waals surface area contributed by atoms with E-state index in [1.165, 1.54) is 0 Å². The number of carbonyl (C=O) groups excluding carboxylic acids is 2. The highest BCUT2D eigenvalue weighted by Crippen LogP contribution is 2.44. The molecule has 4 atom stereocenters. The molecule has 230 valence electrons. The van der Waals surface area contributed by atoms with Gasteiger partial charge in [0.25, 0.3) is 5.91 Å². The Bertz CT molecular complexity index is 1320. The number of carbonyl (C=O) groups is 2. The Labute approximate surface area is 257 Å². The lowest BCUT2D eigenvalue weighted by molar-refractivity contribution is -0.122. The van der Waals surface area contributed by atoms with Crippen molar-refractivity contribution in [3.63, 3.8) is 0 Å². The molecular weight excluding hydrogens is 536 g/mol. The third-order valence-electron chi connectivity index (χ3n) is 8.84. The molecule has 2 aromatic rings. The molecule has 0 saturated carbocycles. The summed E-state index contributed by atoms with van der Waals surface area (Å²) in [6.45, 7) is 15.1. The van der Waals surface area contributed by atoms with Crippen LogP contribution in [0.5, 0.6) is 0 Å². The molecule has 0 bridgehead atoms. The summed E-state index contributed by atoms with van der Waals surface area (Å²) in [5, 5.41) is 22.1. The molecule has 0 fully saturated rings. The van der Waals surface area contributed by atoms with Gasteiger partial charge in [-0.3, -0.25) is 9.59 Å². The Hall–Kier alpha value is -4.09. The molecule has 3 rings (SSSR count). The summed E-state index contributed by atoms with van der Waals surface area (Å²) >= 11 is 0. The third-order valence-corrected chi connectivity index (χ3v) is 8.84. The third kappa shape index (κ3) is 7.66. The largest absolute Gasteiger partial charge is 0.388 e. The summed E-state index contributed by atoms with van der Waals surface area (Å²) in [7, 11) is 3.45. The van der Waals surface area contributed by atoms with Crippen LogP contribution in [0, 0.1) is 17.2 Å². The molecule has 8 nitrogen and oxygen atoms in total. The van der Waals surface area contributed by atoms with Gasteiger partial charge in [0.2, 0.25) is 5.91 Å². The van der Waals surface area contributed by atoms with E-state index >= 15 is 0 Å². The van der Waals surface area contributed by atoms with Gasteiger partial charge in [-0.15, -0.1) is 0 Å². The summed E-state index contributed by atoms with van der Waals surface area (Å²) < 4.78 is 0. The van der Waals surface area contributed by atoms with Gasteiger partial charge in [-0.25, -0.2) is 0 Å². The lowest BCUT2D eigenvalue weighted by Gasteiger charge is -2.35. The van der Waals surface area contributed by atoms with E-state index in [9.17, 15) is 14.9 Å². The maximum Gasteiger partial charge on any atom is 0.251 e. The normalized spacial score (nSPS) is 17.6. The minimum atomic E-state index is -1.07. The summed E-state index contributed by atoms with van der Waals surface area (Å²) in [5.74, 6) is -0.131. The van der Waals surface area contributed by atoms with Crippen LogP contribution in [0.2, 0.25) is 0 Å². The lowest BCUT2D eigenvalue weighted by atomic mass is 9.68. The average Bonchev–Trinajstić information content (AvgIpc) is 3.15. The number of amides is 2. The topological polar surface area (TPSA) is 132 Å². The Morgan fingerprint density at radius 1 is 1.02 bits per heavy atom. The van der Waals surface area contributed by atoms with Crippen LogP contribution in [-0.2, 0) is 23.1 Å². The molecule has 2 amide bonds. The first kappa shape index (κ1) is 33.4. The van der Waals surface area contributed by atoms with E-state index in [0.717, 1.165) is 52.1 Å². The van der Waals surface area contributed by atoms with E-state index in [1.54, 1.807) is 13.1 Å². The number of nitrogens with one attached hydrogen (secondary N) is 4. The number of fused-ring (bicyclic) bond motifs is 2. The molecule has 43 heavy (non-hydrogen) atoms. The molecule has 2 aromatic carbocycles. The first-order valence-electron chi connectivity index (χ1n) is 15.2. The Balaban J connectivity index is 1.92. The number of hydrogen-bond donors (Lipinski definition) is 5. The molecule has 8 heteroatoms. The predicted octanol–water partition coefficient (Wildman–Crippen LogP) is 4.30. The van der Waals surface area contributed by atoms with E-state index in [2.05, 4.69) is 67.3 Å². The van der Waals surface area contributed by atoms with E-state index in [4.69, 9.17) is 5.73 Å². The molecular formula is C35H48N6O2. The second kappa shape index (κ2) is 14.9. The number of hydrogen-bond acceptors (Lipinski definition) is 6. The molecule has 0 aliphatic heterocycles. The van der Waals surface area contributed by atoms with Crippen LogP contribution in [-0.4, -0.2) is 44.5 Å². The highest BCUT2D eigenvalue weighted by atomic mass is 16.2. The molecule has 0 aromatic heterocycles. The van der Waals surface area contributed by atoms with Gasteiger partial charge >= 0.3 is 0 Å². The van der Waals surface area contributed by atoms with Crippen LogP contribution in [0.25, 0.3) is 5.70 Å². The van der Waals surface area contributed by atoms with Crippen LogP contribution in [0.4, 0.5) is 0 Å². The van der Waals surface area contributed by atoms with Gasteiger partial charge < -0.3 is 27.0 Å². The zero-order valence-corrected chi connectivity index (χ0v) is 26.4. The number of nitrogens with two attached hydrogens (primary N) is 1. The summed E-state index contributed by atoms with van der Waals surface area (Å²) in [4.78, 5) is 26.2. The quantitative estimate of drug-likeness (QED) is 0.212. The van der Waals surface area contributed by atoms with Crippen molar-refractivity contribution >= 4 is 17.5 Å². The molecule has 0 spiro atoms. The number of rotatable bonds is 15. The zero-order valence-electron chi connectivity index (χ0n) is 26.4. The molecule has 0 radical (unpaired) electrons. The first-order valence-corrected chi connectivity index (χ1v) is 15.2. The van der Waals surface area contributed by atoms with Crippen molar-refractivity contribution < 1.29 is 9.59 Å². The molecule has 1 aliphatic rings. The maximum absolute atomic E-state index is 13.7. The second-order valence-corrected chi connectivity index (χ2v) is 11.8. The van der Waals surface area contributed by atoms with Crippen molar-refractivity contribution in [2.45, 2.75) is 76.8 Å². The summed E-state index contributed by atoms with van der Waals surface area (Å²) in [6.07, 6.45) is 4.31. The fourth-order valence-corrected chi connectivity index (χ4v) is 5.97. The van der Waals surface area contributed by atoms with Crippen molar-refractivity contribution in [1.29, 1.82) is 5.26 Å². The van der Waals surface area contributed by atoms with Crippen molar-refractivity contribution in [3.05, 3.63) is 88.6 Å².